The molecule has 2 aromatic rings. The third-order valence-corrected chi connectivity index (χ3v) is 4.31. The maximum atomic E-state index is 7.84. The van der Waals surface area contributed by atoms with Crippen LogP contribution in [-0.2, 0) is 12.0 Å². The summed E-state index contributed by atoms with van der Waals surface area (Å²) in [6.45, 7) is 7.21. The molecular weight excluding hydrogens is 421 g/mol. The van der Waals surface area contributed by atoms with Crippen molar-refractivity contribution < 1.29 is 0 Å². The maximum absolute atomic E-state index is 7.84. The summed E-state index contributed by atoms with van der Waals surface area (Å²) in [7, 11) is 0. The molecule has 124 valence electrons. The Kier molecular flexibility index (Phi) is 6.89. The highest BCUT2D eigenvalue weighted by Gasteiger charge is 2.14. The van der Waals surface area contributed by atoms with Crippen LogP contribution in [0.15, 0.2) is 48.5 Å². The van der Waals surface area contributed by atoms with Crippen LogP contribution in [0, 0.1) is 8.98 Å². The van der Waals surface area contributed by atoms with E-state index in [2.05, 4.69) is 67.6 Å². The summed E-state index contributed by atoms with van der Waals surface area (Å²) in [6, 6.07) is 16.6. The van der Waals surface area contributed by atoms with Crippen LogP contribution in [-0.4, -0.2) is 5.96 Å². The van der Waals surface area contributed by atoms with Gasteiger partial charge in [-0.15, -0.1) is 12.4 Å². The second-order valence-electron chi connectivity index (χ2n) is 6.39. The van der Waals surface area contributed by atoms with E-state index in [1.165, 1.54) is 9.13 Å². The second-order valence-corrected chi connectivity index (χ2v) is 7.64. The van der Waals surface area contributed by atoms with E-state index in [-0.39, 0.29) is 23.8 Å². The van der Waals surface area contributed by atoms with Gasteiger partial charge >= 0.3 is 0 Å². The lowest BCUT2D eigenvalue weighted by Gasteiger charge is -2.24. The van der Waals surface area contributed by atoms with E-state index in [1.807, 2.05) is 29.2 Å². The predicted molar refractivity (Wildman–Crippen MR) is 110 cm³/mol. The molecule has 23 heavy (non-hydrogen) atoms. The highest BCUT2D eigenvalue weighted by molar-refractivity contribution is 14.1. The van der Waals surface area contributed by atoms with Crippen molar-refractivity contribution in [3.63, 3.8) is 0 Å². The van der Waals surface area contributed by atoms with Gasteiger partial charge in [0.2, 0.25) is 0 Å². The molecule has 0 heterocycles. The van der Waals surface area contributed by atoms with Crippen LogP contribution in [0.4, 0.5) is 5.69 Å². The third kappa shape index (κ3) is 5.39. The lowest BCUT2D eigenvalue weighted by molar-refractivity contribution is 0.590. The third-order valence-electron chi connectivity index (χ3n) is 3.59. The van der Waals surface area contributed by atoms with Crippen LogP contribution in [0.2, 0.25) is 0 Å². The van der Waals surface area contributed by atoms with Crippen LogP contribution < -0.4 is 10.6 Å². The summed E-state index contributed by atoms with van der Waals surface area (Å²) in [6.07, 6.45) is 0. The van der Waals surface area contributed by atoms with Gasteiger partial charge in [-0.3, -0.25) is 5.41 Å². The highest BCUT2D eigenvalue weighted by atomic mass is 127. The minimum absolute atomic E-state index is 0. The number of nitrogens with two attached hydrogens (primary N) is 1. The van der Waals surface area contributed by atoms with Crippen molar-refractivity contribution in [1.82, 2.24) is 0 Å². The fourth-order valence-electron chi connectivity index (χ4n) is 2.23. The summed E-state index contributed by atoms with van der Waals surface area (Å²) in [5, 5.41) is 7.84. The molecule has 0 aliphatic rings. The Bertz CT molecular complexity index is 645. The van der Waals surface area contributed by atoms with E-state index in [0.717, 1.165) is 11.3 Å². The number of nitrogens with one attached hydrogen (secondary N) is 1. The number of hydrogen-bond donors (Lipinski definition) is 2. The van der Waals surface area contributed by atoms with Gasteiger partial charge in [0.05, 0.1) is 6.54 Å². The van der Waals surface area contributed by atoms with Gasteiger partial charge in [0.1, 0.15) is 0 Å². The van der Waals surface area contributed by atoms with Crippen molar-refractivity contribution in [2.24, 2.45) is 5.73 Å². The van der Waals surface area contributed by atoms with E-state index >= 15 is 0 Å². The van der Waals surface area contributed by atoms with Crippen molar-refractivity contribution in [2.45, 2.75) is 32.7 Å². The molecule has 2 rings (SSSR count). The Morgan fingerprint density at radius 2 is 1.57 bits per heavy atom. The van der Waals surface area contributed by atoms with E-state index in [4.69, 9.17) is 11.1 Å². The van der Waals surface area contributed by atoms with Crippen LogP contribution in [0.5, 0.6) is 0 Å². The average molecular weight is 444 g/mol. The molecule has 0 atom stereocenters. The minimum atomic E-state index is 0. The zero-order valence-electron chi connectivity index (χ0n) is 13.6. The van der Waals surface area contributed by atoms with E-state index in [1.54, 1.807) is 0 Å². The Balaban J connectivity index is 0.00000264. The predicted octanol–water partition coefficient (Wildman–Crippen LogP) is 4.91. The monoisotopic (exact) mass is 443 g/mol. The topological polar surface area (TPSA) is 53.1 Å². The van der Waals surface area contributed by atoms with Gasteiger partial charge in [-0.25, -0.2) is 0 Å². The van der Waals surface area contributed by atoms with Crippen molar-refractivity contribution in [1.29, 1.82) is 5.41 Å². The Hall–Kier alpha value is -1.27. The first-order valence-electron chi connectivity index (χ1n) is 7.24. The maximum Gasteiger partial charge on any atom is 0.193 e. The quantitative estimate of drug-likeness (QED) is 0.402. The summed E-state index contributed by atoms with van der Waals surface area (Å²) in [5.74, 6) is 0.0566. The molecule has 3 N–H and O–H groups in total. The molecule has 0 saturated heterocycles. The molecule has 0 aliphatic carbocycles. The molecule has 0 aliphatic heterocycles. The molecule has 0 bridgehead atoms. The number of nitrogens with zero attached hydrogens (tertiary/aromatic N) is 1. The summed E-state index contributed by atoms with van der Waals surface area (Å²) in [5.41, 5.74) is 9.29. The molecule has 0 unspecified atom stereocenters. The molecule has 0 saturated carbocycles. The average Bonchev–Trinajstić information content (AvgIpc) is 2.45. The number of halogens is 2. The number of guanidine groups is 1. The van der Waals surface area contributed by atoms with Gasteiger partial charge in [-0.2, -0.15) is 0 Å². The van der Waals surface area contributed by atoms with E-state index < -0.39 is 0 Å². The molecule has 0 fully saturated rings. The standard InChI is InChI=1S/C18H22IN3.ClH/c1-18(2,3)14-6-4-13(5-7-14)12-22(17(20)21)16-10-8-15(19)9-11-16;/h4-11H,12H2,1-3H3,(H3,20,21);1H. The smallest absolute Gasteiger partial charge is 0.193 e. The molecule has 2 aromatic carbocycles. The summed E-state index contributed by atoms with van der Waals surface area (Å²) < 4.78 is 1.17. The molecule has 0 spiro atoms. The van der Waals surface area contributed by atoms with E-state index in [0.29, 0.717) is 6.54 Å². The van der Waals surface area contributed by atoms with Crippen molar-refractivity contribution in [2.75, 3.05) is 4.90 Å². The Labute approximate surface area is 158 Å². The van der Waals surface area contributed by atoms with Crippen LogP contribution in [0.1, 0.15) is 31.9 Å². The molecule has 0 radical (unpaired) electrons. The first-order valence-corrected chi connectivity index (χ1v) is 8.32. The molecule has 0 aromatic heterocycles. The van der Waals surface area contributed by atoms with Gasteiger partial charge in [-0.05, 0) is 63.4 Å². The van der Waals surface area contributed by atoms with Crippen molar-refractivity contribution in [3.05, 3.63) is 63.2 Å². The van der Waals surface area contributed by atoms with Crippen LogP contribution in [0.25, 0.3) is 0 Å². The Morgan fingerprint density at radius 3 is 2.00 bits per heavy atom. The highest BCUT2D eigenvalue weighted by Crippen LogP contribution is 2.23. The molecule has 0 amide bonds. The van der Waals surface area contributed by atoms with Crippen LogP contribution in [0.3, 0.4) is 0 Å². The van der Waals surface area contributed by atoms with Gasteiger partial charge in [0.25, 0.3) is 0 Å². The summed E-state index contributed by atoms with van der Waals surface area (Å²) >= 11 is 2.27. The zero-order valence-corrected chi connectivity index (χ0v) is 16.6. The van der Waals surface area contributed by atoms with Crippen molar-refractivity contribution in [3.8, 4) is 0 Å². The molecular formula is C18H23ClIN3. The summed E-state index contributed by atoms with van der Waals surface area (Å²) in [4.78, 5) is 1.81. The van der Waals surface area contributed by atoms with Gasteiger partial charge in [0.15, 0.2) is 5.96 Å². The lowest BCUT2D eigenvalue weighted by atomic mass is 9.87. The minimum Gasteiger partial charge on any atom is -0.370 e. The first kappa shape index (κ1) is 19.8. The van der Waals surface area contributed by atoms with E-state index in [9.17, 15) is 0 Å². The number of anilines is 1. The van der Waals surface area contributed by atoms with Crippen molar-refractivity contribution >= 4 is 46.6 Å². The molecule has 3 nitrogen and oxygen atoms in total. The number of rotatable bonds is 3. The number of benzene rings is 2. The fraction of sp³-hybridized carbons (Fsp3) is 0.278. The van der Waals surface area contributed by atoms with Gasteiger partial charge < -0.3 is 10.6 Å². The van der Waals surface area contributed by atoms with Gasteiger partial charge in [0, 0.05) is 9.26 Å². The number of hydrogen-bond acceptors (Lipinski definition) is 1. The van der Waals surface area contributed by atoms with Crippen LogP contribution >= 0.6 is 35.0 Å². The second kappa shape index (κ2) is 8.02. The Morgan fingerprint density at radius 1 is 1.04 bits per heavy atom. The largest absolute Gasteiger partial charge is 0.370 e. The first-order chi connectivity index (χ1) is 10.3. The van der Waals surface area contributed by atoms with Gasteiger partial charge in [-0.1, -0.05) is 45.0 Å². The zero-order chi connectivity index (χ0) is 16.3. The molecule has 5 heteroatoms. The SMILES string of the molecule is CC(C)(C)c1ccc(CN(C(=N)N)c2ccc(I)cc2)cc1.Cl. The normalized spacial score (nSPS) is 10.8. The lowest BCUT2D eigenvalue weighted by Crippen LogP contribution is -2.35. The fourth-order valence-corrected chi connectivity index (χ4v) is 2.59.